The maximum atomic E-state index is 11.9. The second-order valence-corrected chi connectivity index (χ2v) is 8.55. The van der Waals surface area contributed by atoms with Gasteiger partial charge in [0, 0.05) is 0 Å². The van der Waals surface area contributed by atoms with E-state index in [4.69, 9.17) is 0 Å². The Morgan fingerprint density at radius 1 is 1.23 bits per heavy atom. The van der Waals surface area contributed by atoms with Crippen LogP contribution < -0.4 is 0 Å². The summed E-state index contributed by atoms with van der Waals surface area (Å²) in [4.78, 5) is 11.9. The van der Waals surface area contributed by atoms with Crippen molar-refractivity contribution in [2.24, 2.45) is 28.6 Å². The molecule has 1 saturated carbocycles. The topological polar surface area (TPSA) is 37.3 Å². The van der Waals surface area contributed by atoms with Crippen LogP contribution in [-0.4, -0.2) is 11.1 Å². The smallest absolute Gasteiger partial charge is 0.309 e. The highest BCUT2D eigenvalue weighted by molar-refractivity contribution is 5.75. The second-order valence-electron chi connectivity index (χ2n) is 8.55. The third-order valence-electron chi connectivity index (χ3n) is 7.09. The van der Waals surface area contributed by atoms with Crippen LogP contribution in [0.3, 0.4) is 0 Å². The summed E-state index contributed by atoms with van der Waals surface area (Å²) < 4.78 is 0. The Hall–Kier alpha value is -1.05. The van der Waals surface area contributed by atoms with Gasteiger partial charge in [0.2, 0.25) is 0 Å². The monoisotopic (exact) mass is 302 g/mol. The third-order valence-corrected chi connectivity index (χ3v) is 7.09. The van der Waals surface area contributed by atoms with Crippen molar-refractivity contribution in [3.63, 3.8) is 0 Å². The van der Waals surface area contributed by atoms with Crippen molar-refractivity contribution in [3.05, 3.63) is 23.3 Å². The Bertz CT molecular complexity index is 542. The van der Waals surface area contributed by atoms with Gasteiger partial charge in [0.05, 0.1) is 5.41 Å². The Morgan fingerprint density at radius 3 is 2.59 bits per heavy atom. The van der Waals surface area contributed by atoms with Crippen molar-refractivity contribution in [2.75, 3.05) is 0 Å². The molecule has 0 aliphatic heterocycles. The highest BCUT2D eigenvalue weighted by atomic mass is 16.4. The molecule has 0 unspecified atom stereocenters. The van der Waals surface area contributed by atoms with Gasteiger partial charge in [0.1, 0.15) is 0 Å². The number of carboxylic acids is 1. The van der Waals surface area contributed by atoms with Crippen molar-refractivity contribution < 1.29 is 9.90 Å². The lowest BCUT2D eigenvalue weighted by atomic mass is 9.47. The van der Waals surface area contributed by atoms with Gasteiger partial charge in [-0.3, -0.25) is 4.79 Å². The van der Waals surface area contributed by atoms with E-state index in [1.165, 1.54) is 6.42 Å². The van der Waals surface area contributed by atoms with Crippen molar-refractivity contribution in [1.82, 2.24) is 0 Å². The molecule has 1 N–H and O–H groups in total. The molecule has 0 radical (unpaired) electrons. The highest BCUT2D eigenvalue weighted by Crippen LogP contribution is 2.62. The number of rotatable bonds is 2. The highest BCUT2D eigenvalue weighted by Gasteiger charge is 2.57. The first-order chi connectivity index (χ1) is 10.3. The Kier molecular flexibility index (Phi) is 3.78. The van der Waals surface area contributed by atoms with E-state index in [-0.39, 0.29) is 11.3 Å². The predicted octanol–water partition coefficient (Wildman–Crippen LogP) is 5.21. The second kappa shape index (κ2) is 5.25. The standard InChI is InChI=1S/C20H30O2/c1-13(2)14-6-8-16-15(12-14)7-9-17-19(16,3)10-5-11-20(17,4)18(21)22/h6-7,13,16-17H,5,8-12H2,1-4H3,(H,21,22)/t16-,17-,19+,20+/m0/s1. The third kappa shape index (κ3) is 2.18. The number of hydrogen-bond donors (Lipinski definition) is 1. The number of allylic oxidation sites excluding steroid dienone is 4. The predicted molar refractivity (Wildman–Crippen MR) is 89.5 cm³/mol. The van der Waals surface area contributed by atoms with E-state index < -0.39 is 11.4 Å². The van der Waals surface area contributed by atoms with Crippen molar-refractivity contribution in [2.45, 2.75) is 66.2 Å². The van der Waals surface area contributed by atoms with Gasteiger partial charge in [-0.25, -0.2) is 0 Å². The first-order valence-corrected chi connectivity index (χ1v) is 8.90. The molecule has 22 heavy (non-hydrogen) atoms. The quantitative estimate of drug-likeness (QED) is 0.711. The molecule has 3 aliphatic carbocycles. The van der Waals surface area contributed by atoms with Crippen LogP contribution in [0.4, 0.5) is 0 Å². The van der Waals surface area contributed by atoms with Crippen LogP contribution in [0.15, 0.2) is 23.3 Å². The summed E-state index contributed by atoms with van der Waals surface area (Å²) in [6.07, 6.45) is 11.1. The lowest BCUT2D eigenvalue weighted by Crippen LogP contribution is -2.53. The Labute approximate surface area is 134 Å². The molecule has 0 saturated heterocycles. The molecule has 2 heteroatoms. The number of aliphatic carboxylic acids is 1. The molecule has 122 valence electrons. The minimum absolute atomic E-state index is 0.161. The average Bonchev–Trinajstić information content (AvgIpc) is 2.46. The van der Waals surface area contributed by atoms with Crippen molar-refractivity contribution in [1.29, 1.82) is 0 Å². The normalized spacial score (nSPS) is 41.3. The molecule has 0 aromatic heterocycles. The lowest BCUT2D eigenvalue weighted by molar-refractivity contribution is -0.162. The van der Waals surface area contributed by atoms with E-state index in [0.717, 1.165) is 32.1 Å². The molecular formula is C20H30O2. The summed E-state index contributed by atoms with van der Waals surface area (Å²) in [7, 11) is 0. The van der Waals surface area contributed by atoms with Crippen LogP contribution in [0.1, 0.15) is 66.2 Å². The average molecular weight is 302 g/mol. The minimum atomic E-state index is -0.588. The zero-order valence-corrected chi connectivity index (χ0v) is 14.5. The van der Waals surface area contributed by atoms with E-state index in [1.54, 1.807) is 11.1 Å². The first kappa shape index (κ1) is 15.8. The molecule has 0 aromatic carbocycles. The molecule has 0 heterocycles. The van der Waals surface area contributed by atoms with Gasteiger partial charge in [-0.2, -0.15) is 0 Å². The van der Waals surface area contributed by atoms with Gasteiger partial charge < -0.3 is 5.11 Å². The Morgan fingerprint density at radius 2 is 1.95 bits per heavy atom. The first-order valence-electron chi connectivity index (χ1n) is 8.90. The summed E-state index contributed by atoms with van der Waals surface area (Å²) in [6.45, 7) is 8.93. The minimum Gasteiger partial charge on any atom is -0.481 e. The number of hydrogen-bond acceptors (Lipinski definition) is 1. The molecule has 0 spiro atoms. The van der Waals surface area contributed by atoms with Gasteiger partial charge in [-0.1, -0.05) is 50.5 Å². The van der Waals surface area contributed by atoms with Crippen LogP contribution in [0.25, 0.3) is 0 Å². The maximum absolute atomic E-state index is 11.9. The maximum Gasteiger partial charge on any atom is 0.309 e. The largest absolute Gasteiger partial charge is 0.481 e. The van der Waals surface area contributed by atoms with E-state index in [0.29, 0.717) is 11.8 Å². The van der Waals surface area contributed by atoms with Gasteiger partial charge in [0.15, 0.2) is 0 Å². The van der Waals surface area contributed by atoms with Crippen LogP contribution >= 0.6 is 0 Å². The SMILES string of the molecule is CC(C)C1=CC[C@H]2C(=CC[C@H]3[C@]2(C)CCC[C@@]3(C)C(=O)O)C1. The fourth-order valence-electron chi connectivity index (χ4n) is 5.58. The fourth-order valence-corrected chi connectivity index (χ4v) is 5.58. The molecule has 3 rings (SSSR count). The molecule has 3 aliphatic rings. The van der Waals surface area contributed by atoms with Crippen LogP contribution in [0, 0.1) is 28.6 Å². The molecule has 2 nitrogen and oxygen atoms in total. The van der Waals surface area contributed by atoms with E-state index in [2.05, 4.69) is 32.9 Å². The van der Waals surface area contributed by atoms with E-state index in [1.807, 2.05) is 6.92 Å². The summed E-state index contributed by atoms with van der Waals surface area (Å²) in [6, 6.07) is 0. The molecular weight excluding hydrogens is 272 g/mol. The lowest BCUT2D eigenvalue weighted by Gasteiger charge is -2.57. The molecule has 4 atom stereocenters. The molecule has 0 bridgehead atoms. The molecule has 1 fully saturated rings. The Balaban J connectivity index is 1.96. The van der Waals surface area contributed by atoms with Gasteiger partial charge in [-0.05, 0) is 62.2 Å². The summed E-state index contributed by atoms with van der Waals surface area (Å²) in [5.74, 6) is 0.888. The summed E-state index contributed by atoms with van der Waals surface area (Å²) >= 11 is 0. The van der Waals surface area contributed by atoms with Gasteiger partial charge >= 0.3 is 5.97 Å². The number of carbonyl (C=O) groups is 1. The van der Waals surface area contributed by atoms with Crippen molar-refractivity contribution >= 4 is 5.97 Å². The van der Waals surface area contributed by atoms with Gasteiger partial charge in [-0.15, -0.1) is 0 Å². The van der Waals surface area contributed by atoms with Crippen LogP contribution in [-0.2, 0) is 4.79 Å². The van der Waals surface area contributed by atoms with E-state index >= 15 is 0 Å². The molecule has 0 amide bonds. The van der Waals surface area contributed by atoms with Gasteiger partial charge in [0.25, 0.3) is 0 Å². The molecule has 0 aromatic rings. The van der Waals surface area contributed by atoms with Crippen LogP contribution in [0.5, 0.6) is 0 Å². The summed E-state index contributed by atoms with van der Waals surface area (Å²) in [5.41, 5.74) is 2.78. The zero-order valence-electron chi connectivity index (χ0n) is 14.5. The number of fused-ring (bicyclic) bond motifs is 3. The zero-order chi connectivity index (χ0) is 16.1. The van der Waals surface area contributed by atoms with Crippen molar-refractivity contribution in [3.8, 4) is 0 Å². The van der Waals surface area contributed by atoms with E-state index in [9.17, 15) is 9.90 Å². The number of carboxylic acid groups (broad SMARTS) is 1. The van der Waals surface area contributed by atoms with Crippen LogP contribution in [0.2, 0.25) is 0 Å². The summed E-state index contributed by atoms with van der Waals surface area (Å²) in [5, 5.41) is 9.83. The fraction of sp³-hybridized carbons (Fsp3) is 0.750.